The first kappa shape index (κ1) is 14.9. The van der Waals surface area contributed by atoms with E-state index in [4.69, 9.17) is 11.6 Å². The van der Waals surface area contributed by atoms with Gasteiger partial charge in [-0.1, -0.05) is 11.6 Å². The van der Waals surface area contributed by atoms with Crippen molar-refractivity contribution in [2.45, 2.75) is 0 Å². The Hall–Kier alpha value is -2.67. The lowest BCUT2D eigenvalue weighted by Gasteiger charge is -2.35. The number of rotatable bonds is 2. The fourth-order valence-electron chi connectivity index (χ4n) is 2.80. The van der Waals surface area contributed by atoms with Crippen LogP contribution in [0.3, 0.4) is 0 Å². The Labute approximate surface area is 143 Å². The predicted molar refractivity (Wildman–Crippen MR) is 90.4 cm³/mol. The van der Waals surface area contributed by atoms with Gasteiger partial charge >= 0.3 is 0 Å². The third-order valence-corrected chi connectivity index (χ3v) is 4.38. The van der Waals surface area contributed by atoms with E-state index < -0.39 is 0 Å². The lowest BCUT2D eigenvalue weighted by Crippen LogP contribution is -2.49. The van der Waals surface area contributed by atoms with Crippen molar-refractivity contribution in [2.75, 3.05) is 31.1 Å². The van der Waals surface area contributed by atoms with Crippen LogP contribution in [0, 0.1) is 0 Å². The van der Waals surface area contributed by atoms with Crippen LogP contribution in [-0.2, 0) is 0 Å². The van der Waals surface area contributed by atoms with Gasteiger partial charge in [0.25, 0.3) is 5.91 Å². The number of nitrogens with zero attached hydrogens (tertiary/aromatic N) is 6. The molecule has 1 aliphatic rings. The van der Waals surface area contributed by atoms with E-state index in [1.54, 1.807) is 35.1 Å². The van der Waals surface area contributed by atoms with Crippen molar-refractivity contribution in [1.29, 1.82) is 0 Å². The maximum absolute atomic E-state index is 12.5. The minimum atomic E-state index is 0.0357. The number of amides is 1. The molecule has 24 heavy (non-hydrogen) atoms. The number of piperazine rings is 1. The van der Waals surface area contributed by atoms with Crippen LogP contribution in [0.1, 0.15) is 10.4 Å². The molecule has 4 rings (SSSR count). The van der Waals surface area contributed by atoms with Crippen LogP contribution >= 0.6 is 11.6 Å². The van der Waals surface area contributed by atoms with Crippen molar-refractivity contribution in [3.63, 3.8) is 0 Å². The third-order valence-electron chi connectivity index (χ3n) is 4.13. The summed E-state index contributed by atoms with van der Waals surface area (Å²) in [5.41, 5.74) is 1.38. The second-order valence-corrected chi connectivity index (χ2v) is 6.05. The van der Waals surface area contributed by atoms with E-state index in [2.05, 4.69) is 20.2 Å². The zero-order valence-electron chi connectivity index (χ0n) is 12.8. The Morgan fingerprint density at radius 2 is 1.75 bits per heavy atom. The van der Waals surface area contributed by atoms with Crippen molar-refractivity contribution < 1.29 is 4.79 Å². The first-order chi connectivity index (χ1) is 11.7. The molecule has 0 atom stereocenters. The van der Waals surface area contributed by atoms with E-state index >= 15 is 0 Å². The maximum Gasteiger partial charge on any atom is 0.253 e. The van der Waals surface area contributed by atoms with Crippen LogP contribution in [-0.4, -0.2) is 56.8 Å². The zero-order valence-corrected chi connectivity index (χ0v) is 13.6. The summed E-state index contributed by atoms with van der Waals surface area (Å²) in [5.74, 6) is 0.898. The first-order valence-corrected chi connectivity index (χ1v) is 8.05. The van der Waals surface area contributed by atoms with E-state index in [9.17, 15) is 4.79 Å². The summed E-state index contributed by atoms with van der Waals surface area (Å²) in [7, 11) is 0. The number of benzene rings is 1. The summed E-state index contributed by atoms with van der Waals surface area (Å²) in [6.07, 6.45) is 1.58. The molecule has 7 nitrogen and oxygen atoms in total. The molecule has 1 aromatic carbocycles. The lowest BCUT2D eigenvalue weighted by atomic mass is 10.2. The molecular formula is C16H15ClN6O. The van der Waals surface area contributed by atoms with Crippen molar-refractivity contribution >= 4 is 29.0 Å². The molecule has 1 saturated heterocycles. The zero-order chi connectivity index (χ0) is 16.5. The van der Waals surface area contributed by atoms with Gasteiger partial charge in [-0.2, -0.15) is 4.52 Å². The molecule has 2 aromatic heterocycles. The Balaban J connectivity index is 1.44. The van der Waals surface area contributed by atoms with Crippen molar-refractivity contribution in [3.05, 3.63) is 53.3 Å². The normalized spacial score (nSPS) is 15.0. The van der Waals surface area contributed by atoms with Gasteiger partial charge in [-0.25, -0.2) is 0 Å². The van der Waals surface area contributed by atoms with Crippen molar-refractivity contribution in [3.8, 4) is 0 Å². The van der Waals surface area contributed by atoms with Crippen LogP contribution in [0.2, 0.25) is 5.02 Å². The van der Waals surface area contributed by atoms with E-state index in [0.717, 1.165) is 24.6 Å². The van der Waals surface area contributed by atoms with E-state index in [-0.39, 0.29) is 5.91 Å². The molecule has 3 aromatic rings. The molecular weight excluding hydrogens is 328 g/mol. The second-order valence-electron chi connectivity index (χ2n) is 5.61. The fraction of sp³-hybridized carbons (Fsp3) is 0.250. The molecule has 1 aliphatic heterocycles. The quantitative estimate of drug-likeness (QED) is 0.709. The number of carbonyl (C=O) groups is 1. The monoisotopic (exact) mass is 342 g/mol. The largest absolute Gasteiger partial charge is 0.352 e. The molecule has 8 heteroatoms. The van der Waals surface area contributed by atoms with Gasteiger partial charge in [0.1, 0.15) is 12.1 Å². The number of hydrogen-bond acceptors (Lipinski definition) is 5. The Bertz CT molecular complexity index is 870. The number of aromatic nitrogens is 4. The maximum atomic E-state index is 12.5. The molecule has 3 heterocycles. The van der Waals surface area contributed by atoms with Gasteiger partial charge in [-0.15, -0.1) is 15.3 Å². The van der Waals surface area contributed by atoms with Gasteiger partial charge < -0.3 is 9.80 Å². The van der Waals surface area contributed by atoms with Gasteiger partial charge in [0.15, 0.2) is 5.65 Å². The van der Waals surface area contributed by atoms with E-state index in [0.29, 0.717) is 23.7 Å². The highest BCUT2D eigenvalue weighted by molar-refractivity contribution is 6.30. The average Bonchev–Trinajstić information content (AvgIpc) is 3.09. The topological polar surface area (TPSA) is 66.6 Å². The van der Waals surface area contributed by atoms with Gasteiger partial charge in [0, 0.05) is 36.8 Å². The van der Waals surface area contributed by atoms with Crippen LogP contribution in [0.4, 0.5) is 5.82 Å². The van der Waals surface area contributed by atoms with Gasteiger partial charge in [0.2, 0.25) is 0 Å². The highest BCUT2D eigenvalue weighted by atomic mass is 35.5. The van der Waals surface area contributed by atoms with Gasteiger partial charge in [0.05, 0.1) is 0 Å². The molecule has 0 unspecified atom stereocenters. The van der Waals surface area contributed by atoms with Crippen LogP contribution < -0.4 is 4.90 Å². The van der Waals surface area contributed by atoms with E-state index in [1.165, 1.54) is 0 Å². The Morgan fingerprint density at radius 3 is 2.50 bits per heavy atom. The standard InChI is InChI=1S/C16H15ClN6O/c17-13-3-1-12(2-4-13)16(24)22-9-7-21(8-10-22)15-6-5-14-19-18-11-23(14)20-15/h1-6,11H,7-10H2. The minimum absolute atomic E-state index is 0.0357. The Kier molecular flexibility index (Phi) is 3.78. The van der Waals surface area contributed by atoms with Gasteiger partial charge in [-0.3, -0.25) is 4.79 Å². The summed E-state index contributed by atoms with van der Waals surface area (Å²) in [5, 5.41) is 12.9. The highest BCUT2D eigenvalue weighted by Gasteiger charge is 2.23. The molecule has 1 fully saturated rings. The predicted octanol–water partition coefficient (Wildman–Crippen LogP) is 1.74. The number of anilines is 1. The summed E-state index contributed by atoms with van der Waals surface area (Å²) in [6, 6.07) is 10.8. The number of fused-ring (bicyclic) bond motifs is 1. The first-order valence-electron chi connectivity index (χ1n) is 7.67. The molecule has 0 aliphatic carbocycles. The van der Waals surface area contributed by atoms with Gasteiger partial charge in [-0.05, 0) is 36.4 Å². The number of carbonyl (C=O) groups excluding carboxylic acids is 1. The summed E-state index contributed by atoms with van der Waals surface area (Å²) >= 11 is 5.87. The third kappa shape index (κ3) is 2.78. The minimum Gasteiger partial charge on any atom is -0.352 e. The van der Waals surface area contributed by atoms with Crippen LogP contribution in [0.25, 0.3) is 5.65 Å². The molecule has 0 spiro atoms. The van der Waals surface area contributed by atoms with E-state index in [1.807, 2.05) is 17.0 Å². The molecule has 1 amide bonds. The van der Waals surface area contributed by atoms with Crippen LogP contribution in [0.15, 0.2) is 42.7 Å². The van der Waals surface area contributed by atoms with Crippen LogP contribution in [0.5, 0.6) is 0 Å². The number of halogens is 1. The fourth-order valence-corrected chi connectivity index (χ4v) is 2.93. The summed E-state index contributed by atoms with van der Waals surface area (Å²) in [6.45, 7) is 2.78. The smallest absolute Gasteiger partial charge is 0.253 e. The van der Waals surface area contributed by atoms with Crippen molar-refractivity contribution in [2.24, 2.45) is 0 Å². The molecule has 0 saturated carbocycles. The van der Waals surface area contributed by atoms with Crippen molar-refractivity contribution in [1.82, 2.24) is 24.7 Å². The highest BCUT2D eigenvalue weighted by Crippen LogP contribution is 2.16. The second kappa shape index (κ2) is 6.09. The summed E-state index contributed by atoms with van der Waals surface area (Å²) in [4.78, 5) is 16.5. The molecule has 0 N–H and O–H groups in total. The molecule has 122 valence electrons. The molecule has 0 bridgehead atoms. The molecule has 0 radical (unpaired) electrons. The Morgan fingerprint density at radius 1 is 1.00 bits per heavy atom. The average molecular weight is 343 g/mol. The lowest BCUT2D eigenvalue weighted by molar-refractivity contribution is 0.0746. The SMILES string of the molecule is O=C(c1ccc(Cl)cc1)N1CCN(c2ccc3nncn3n2)CC1. The number of hydrogen-bond donors (Lipinski definition) is 0. The summed E-state index contributed by atoms with van der Waals surface area (Å²) < 4.78 is 1.65.